The lowest BCUT2D eigenvalue weighted by Gasteiger charge is -2.07. The predicted octanol–water partition coefficient (Wildman–Crippen LogP) is 3.81. The number of halogens is 1. The molecule has 21 heavy (non-hydrogen) atoms. The second-order valence-corrected chi connectivity index (χ2v) is 5.51. The number of carboxylic acid groups (broad SMARTS) is 1. The van der Waals surface area contributed by atoms with E-state index in [1.165, 1.54) is 6.07 Å². The Morgan fingerprint density at radius 2 is 2.14 bits per heavy atom. The van der Waals surface area contributed by atoms with Crippen LogP contribution in [-0.2, 0) is 0 Å². The van der Waals surface area contributed by atoms with Crippen molar-refractivity contribution in [2.24, 2.45) is 0 Å². The van der Waals surface area contributed by atoms with Gasteiger partial charge in [0.05, 0.1) is 4.92 Å². The molecule has 0 aliphatic carbocycles. The third kappa shape index (κ3) is 3.11. The molecule has 0 atom stereocenters. The fraction of sp³-hybridized carbons (Fsp3) is 0.167. The summed E-state index contributed by atoms with van der Waals surface area (Å²) in [6, 6.07) is 3.09. The Kier molecular flexibility index (Phi) is 4.10. The average molecular weight is 329 g/mol. The van der Waals surface area contributed by atoms with Gasteiger partial charge in [0.2, 0.25) is 5.75 Å². The summed E-state index contributed by atoms with van der Waals surface area (Å²) in [5.41, 5.74) is 1.05. The zero-order valence-corrected chi connectivity index (χ0v) is 12.5. The fourth-order valence-corrected chi connectivity index (χ4v) is 2.72. The van der Waals surface area contributed by atoms with E-state index in [4.69, 9.17) is 21.4 Å². The highest BCUT2D eigenvalue weighted by Crippen LogP contribution is 2.38. The number of aryl methyl sites for hydroxylation is 2. The van der Waals surface area contributed by atoms with Crippen molar-refractivity contribution in [3.8, 4) is 10.9 Å². The molecule has 0 fully saturated rings. The number of hydrogen-bond donors (Lipinski definition) is 1. The number of aromatic carboxylic acids is 1. The number of rotatable bonds is 4. The van der Waals surface area contributed by atoms with Gasteiger partial charge in [-0.3, -0.25) is 10.1 Å². The van der Waals surface area contributed by atoms with Crippen LogP contribution < -0.4 is 4.74 Å². The maximum absolute atomic E-state index is 11.1. The summed E-state index contributed by atoms with van der Waals surface area (Å²) in [5, 5.41) is 19.7. The summed E-state index contributed by atoms with van der Waals surface area (Å²) in [4.78, 5) is 25.0. The van der Waals surface area contributed by atoms with Crippen LogP contribution in [0.5, 0.6) is 10.9 Å². The summed E-state index contributed by atoms with van der Waals surface area (Å²) in [5.74, 6) is -1.21. The number of hydrogen-bond acceptors (Lipinski definition) is 6. The molecule has 7 nitrogen and oxygen atoms in total. The minimum Gasteiger partial charge on any atom is -0.477 e. The van der Waals surface area contributed by atoms with E-state index in [-0.39, 0.29) is 26.7 Å². The second kappa shape index (κ2) is 5.66. The SMILES string of the molecule is Cc1cc(C)c(Oc2nc(Cl)c(C(=O)O)s2)c([N+](=O)[O-])c1. The van der Waals surface area contributed by atoms with Gasteiger partial charge in [0, 0.05) is 6.07 Å². The fourth-order valence-electron chi connectivity index (χ4n) is 1.75. The van der Waals surface area contributed by atoms with Crippen LogP contribution in [0.25, 0.3) is 0 Å². The van der Waals surface area contributed by atoms with Crippen molar-refractivity contribution < 1.29 is 19.6 Å². The number of aromatic nitrogens is 1. The highest BCUT2D eigenvalue weighted by molar-refractivity contribution is 7.15. The minimum absolute atomic E-state index is 0.0213. The van der Waals surface area contributed by atoms with E-state index in [0.717, 1.165) is 5.56 Å². The molecule has 2 aromatic rings. The van der Waals surface area contributed by atoms with Crippen LogP contribution in [0, 0.1) is 24.0 Å². The van der Waals surface area contributed by atoms with Crippen molar-refractivity contribution in [2.45, 2.75) is 13.8 Å². The monoisotopic (exact) mass is 328 g/mol. The van der Waals surface area contributed by atoms with Gasteiger partial charge in [-0.2, -0.15) is 4.98 Å². The quantitative estimate of drug-likeness (QED) is 0.676. The first-order valence-corrected chi connectivity index (χ1v) is 6.82. The number of carbonyl (C=O) groups is 1. The molecule has 1 aromatic heterocycles. The van der Waals surface area contributed by atoms with Gasteiger partial charge >= 0.3 is 11.7 Å². The molecule has 0 saturated carbocycles. The van der Waals surface area contributed by atoms with Gasteiger partial charge in [-0.1, -0.05) is 29.0 Å². The Balaban J connectivity index is 2.46. The summed E-state index contributed by atoms with van der Waals surface area (Å²) in [6.45, 7) is 3.38. The van der Waals surface area contributed by atoms with Gasteiger partial charge in [-0.25, -0.2) is 4.79 Å². The highest BCUT2D eigenvalue weighted by Gasteiger charge is 2.23. The number of nitro groups is 1. The van der Waals surface area contributed by atoms with Crippen LogP contribution in [0.2, 0.25) is 5.15 Å². The Labute approximate surface area is 127 Å². The summed E-state index contributed by atoms with van der Waals surface area (Å²) in [6.07, 6.45) is 0. The molecular weight excluding hydrogens is 320 g/mol. The molecule has 0 bridgehead atoms. The van der Waals surface area contributed by atoms with Gasteiger partial charge in [0.15, 0.2) is 10.0 Å². The van der Waals surface area contributed by atoms with E-state index in [0.29, 0.717) is 16.9 Å². The molecule has 0 unspecified atom stereocenters. The lowest BCUT2D eigenvalue weighted by Crippen LogP contribution is -1.96. The molecule has 0 aliphatic rings. The smallest absolute Gasteiger partial charge is 0.349 e. The van der Waals surface area contributed by atoms with Crippen molar-refractivity contribution in [3.05, 3.63) is 43.4 Å². The minimum atomic E-state index is -1.23. The maximum Gasteiger partial charge on any atom is 0.349 e. The number of nitrogens with zero attached hydrogens (tertiary/aromatic N) is 2. The van der Waals surface area contributed by atoms with Crippen molar-refractivity contribution in [3.63, 3.8) is 0 Å². The zero-order chi connectivity index (χ0) is 15.7. The normalized spacial score (nSPS) is 10.4. The molecular formula is C12H9ClN2O5S. The Hall–Kier alpha value is -2.19. The molecule has 0 saturated heterocycles. The maximum atomic E-state index is 11.1. The topological polar surface area (TPSA) is 103 Å². The van der Waals surface area contributed by atoms with Crippen LogP contribution in [0.3, 0.4) is 0 Å². The second-order valence-electron chi connectivity index (χ2n) is 4.19. The van der Waals surface area contributed by atoms with Crippen LogP contribution in [0.1, 0.15) is 20.8 Å². The lowest BCUT2D eigenvalue weighted by molar-refractivity contribution is -0.385. The Morgan fingerprint density at radius 3 is 2.67 bits per heavy atom. The van der Waals surface area contributed by atoms with Gasteiger partial charge in [-0.15, -0.1) is 0 Å². The molecule has 9 heteroatoms. The van der Waals surface area contributed by atoms with E-state index in [2.05, 4.69) is 4.98 Å². The van der Waals surface area contributed by atoms with Crippen LogP contribution in [0.15, 0.2) is 12.1 Å². The molecule has 1 aromatic carbocycles. The molecule has 0 aliphatic heterocycles. The highest BCUT2D eigenvalue weighted by atomic mass is 35.5. The van der Waals surface area contributed by atoms with Crippen molar-refractivity contribution in [1.29, 1.82) is 0 Å². The number of carboxylic acids is 1. The van der Waals surface area contributed by atoms with Crippen molar-refractivity contribution >= 4 is 34.6 Å². The molecule has 1 heterocycles. The van der Waals surface area contributed by atoms with E-state index < -0.39 is 10.9 Å². The molecule has 0 radical (unpaired) electrons. The summed E-state index contributed by atoms with van der Waals surface area (Å²) >= 11 is 6.39. The standard InChI is InChI=1S/C12H9ClN2O5S/c1-5-3-6(2)8(7(4-5)15(18)19)20-12-14-10(13)9(21-12)11(16)17/h3-4H,1-2H3,(H,16,17). The van der Waals surface area contributed by atoms with Crippen molar-refractivity contribution in [1.82, 2.24) is 4.98 Å². The lowest BCUT2D eigenvalue weighted by atomic mass is 10.1. The summed E-state index contributed by atoms with van der Waals surface area (Å²) < 4.78 is 5.39. The molecule has 1 N–H and O–H groups in total. The van der Waals surface area contributed by atoms with E-state index in [9.17, 15) is 14.9 Å². The predicted molar refractivity (Wildman–Crippen MR) is 76.7 cm³/mol. The van der Waals surface area contributed by atoms with Gasteiger partial charge < -0.3 is 9.84 Å². The van der Waals surface area contributed by atoms with Gasteiger partial charge in [-0.05, 0) is 25.0 Å². The third-order valence-corrected chi connectivity index (χ3v) is 3.85. The van der Waals surface area contributed by atoms with Crippen LogP contribution in [-0.4, -0.2) is 21.0 Å². The Bertz CT molecular complexity index is 743. The first kappa shape index (κ1) is 15.2. The van der Waals surface area contributed by atoms with E-state index in [1.54, 1.807) is 19.9 Å². The largest absolute Gasteiger partial charge is 0.477 e. The first-order chi connectivity index (χ1) is 9.79. The van der Waals surface area contributed by atoms with Crippen LogP contribution >= 0.6 is 22.9 Å². The summed E-state index contributed by atoms with van der Waals surface area (Å²) in [7, 11) is 0. The molecule has 2 rings (SSSR count). The van der Waals surface area contributed by atoms with E-state index in [1.807, 2.05) is 0 Å². The number of thiazole rings is 1. The third-order valence-electron chi connectivity index (χ3n) is 2.55. The van der Waals surface area contributed by atoms with Gasteiger partial charge in [0.1, 0.15) is 0 Å². The zero-order valence-electron chi connectivity index (χ0n) is 10.9. The van der Waals surface area contributed by atoms with E-state index >= 15 is 0 Å². The molecule has 0 amide bonds. The van der Waals surface area contributed by atoms with Crippen molar-refractivity contribution in [2.75, 3.05) is 0 Å². The Morgan fingerprint density at radius 1 is 1.48 bits per heavy atom. The number of nitro benzene ring substituents is 1. The number of ether oxygens (including phenoxy) is 1. The first-order valence-electron chi connectivity index (χ1n) is 5.62. The number of benzene rings is 1. The van der Waals surface area contributed by atoms with Gasteiger partial charge in [0.25, 0.3) is 5.19 Å². The average Bonchev–Trinajstić information content (AvgIpc) is 2.73. The molecule has 110 valence electrons. The van der Waals surface area contributed by atoms with Crippen LogP contribution in [0.4, 0.5) is 5.69 Å². The molecule has 0 spiro atoms.